The average molecular weight is 464 g/mol. The van der Waals surface area contributed by atoms with Crippen LogP contribution in [0, 0.1) is 0 Å². The molecular weight excluding hydrogens is 432 g/mol. The van der Waals surface area contributed by atoms with Crippen molar-refractivity contribution in [2.45, 2.75) is 83.9 Å². The minimum absolute atomic E-state index is 0.104. The molecule has 0 saturated heterocycles. The first kappa shape index (κ1) is 29.3. The smallest absolute Gasteiger partial charge is 0.309 e. The molecule has 0 aromatic heterocycles. The van der Waals surface area contributed by atoms with Crippen LogP contribution in [-0.2, 0) is 47.7 Å². The molecule has 0 aliphatic carbocycles. The normalized spacial score (nSPS) is 15.3. The van der Waals surface area contributed by atoms with E-state index >= 15 is 0 Å². The summed E-state index contributed by atoms with van der Waals surface area (Å²) in [6.45, 7) is 5.08. The molecule has 0 aliphatic heterocycles. The summed E-state index contributed by atoms with van der Waals surface area (Å²) < 4.78 is 24.5. The van der Waals surface area contributed by atoms with Gasteiger partial charge in [0.05, 0.1) is 37.9 Å². The van der Waals surface area contributed by atoms with Gasteiger partial charge in [0, 0.05) is 0 Å². The maximum absolute atomic E-state index is 11.8. The van der Waals surface area contributed by atoms with Gasteiger partial charge in [-0.1, -0.05) is 0 Å². The van der Waals surface area contributed by atoms with Gasteiger partial charge in [0.1, 0.15) is 25.4 Å². The number of esters is 4. The predicted molar refractivity (Wildman–Crippen MR) is 106 cm³/mol. The van der Waals surface area contributed by atoms with E-state index in [2.05, 4.69) is 0 Å². The van der Waals surface area contributed by atoms with Gasteiger partial charge >= 0.3 is 23.9 Å². The van der Waals surface area contributed by atoms with E-state index in [-0.39, 0.29) is 32.2 Å². The topological polar surface area (TPSA) is 172 Å². The zero-order valence-electron chi connectivity index (χ0n) is 18.7. The number of ether oxygens (including phenoxy) is 5. The number of hydrogen-bond donors (Lipinski definition) is 2. The second kappa shape index (κ2) is 16.0. The largest absolute Gasteiger partial charge is 0.462 e. The Morgan fingerprint density at radius 1 is 0.688 bits per heavy atom. The van der Waals surface area contributed by atoms with Crippen molar-refractivity contribution in [3.8, 4) is 0 Å². The lowest BCUT2D eigenvalue weighted by Crippen LogP contribution is -2.30. The zero-order valence-corrected chi connectivity index (χ0v) is 18.7. The Kier molecular flexibility index (Phi) is 14.6. The molecule has 0 bridgehead atoms. The quantitative estimate of drug-likeness (QED) is 0.175. The van der Waals surface area contributed by atoms with Crippen LogP contribution >= 0.6 is 0 Å². The van der Waals surface area contributed by atoms with Crippen LogP contribution in [0.15, 0.2) is 0 Å². The van der Waals surface area contributed by atoms with Crippen molar-refractivity contribution in [2.24, 2.45) is 0 Å². The van der Waals surface area contributed by atoms with Crippen molar-refractivity contribution in [3.05, 3.63) is 0 Å². The van der Waals surface area contributed by atoms with E-state index in [9.17, 15) is 24.0 Å². The van der Waals surface area contributed by atoms with E-state index in [1.54, 1.807) is 0 Å². The molecule has 12 heteroatoms. The summed E-state index contributed by atoms with van der Waals surface area (Å²) in [4.78, 5) is 57.2. The van der Waals surface area contributed by atoms with Gasteiger partial charge < -0.3 is 33.9 Å². The third kappa shape index (κ3) is 16.0. The van der Waals surface area contributed by atoms with Gasteiger partial charge in [-0.05, 0) is 27.7 Å². The Balaban J connectivity index is 4.33. The first-order chi connectivity index (χ1) is 14.9. The van der Waals surface area contributed by atoms with Crippen LogP contribution < -0.4 is 0 Å². The number of aliphatic hydroxyl groups excluding tert-OH is 2. The van der Waals surface area contributed by atoms with Crippen LogP contribution in [0.1, 0.15) is 53.4 Å². The van der Waals surface area contributed by atoms with Gasteiger partial charge in [0.25, 0.3) is 6.47 Å². The lowest BCUT2D eigenvalue weighted by atomic mass is 10.2. The third-order valence-corrected chi connectivity index (χ3v) is 3.61. The molecule has 0 spiro atoms. The minimum Gasteiger partial charge on any atom is -0.462 e. The summed E-state index contributed by atoms with van der Waals surface area (Å²) in [5.74, 6) is -2.82. The standard InChI is InChI=1S/C20H32O12/c1-12(22)5-19(26)31-14(3)7-17(24)28-9-16(30-11-21)10-29-18(25)8-15(4)32-20(27)6-13(2)23/h11-16,22-23H,5-10H2,1-4H3. The van der Waals surface area contributed by atoms with E-state index in [4.69, 9.17) is 33.9 Å². The first-order valence-corrected chi connectivity index (χ1v) is 10.1. The van der Waals surface area contributed by atoms with Crippen molar-refractivity contribution in [2.75, 3.05) is 13.2 Å². The van der Waals surface area contributed by atoms with E-state index in [1.807, 2.05) is 0 Å². The van der Waals surface area contributed by atoms with Crippen LogP contribution in [-0.4, -0.2) is 84.3 Å². The molecule has 2 N–H and O–H groups in total. The van der Waals surface area contributed by atoms with Gasteiger partial charge in [0.15, 0.2) is 6.10 Å². The highest BCUT2D eigenvalue weighted by Gasteiger charge is 2.21. The lowest BCUT2D eigenvalue weighted by molar-refractivity contribution is -0.163. The van der Waals surface area contributed by atoms with Gasteiger partial charge in [-0.25, -0.2) is 0 Å². The van der Waals surface area contributed by atoms with Crippen LogP contribution in [0.5, 0.6) is 0 Å². The number of rotatable bonds is 16. The highest BCUT2D eigenvalue weighted by Crippen LogP contribution is 2.06. The second-order valence-electron chi connectivity index (χ2n) is 7.34. The van der Waals surface area contributed by atoms with E-state index in [1.165, 1.54) is 27.7 Å². The summed E-state index contributed by atoms with van der Waals surface area (Å²) >= 11 is 0. The fourth-order valence-electron chi connectivity index (χ4n) is 2.28. The number of hydrogen-bond acceptors (Lipinski definition) is 12. The Labute approximate surface area is 186 Å². The summed E-state index contributed by atoms with van der Waals surface area (Å²) in [5, 5.41) is 18.2. The maximum atomic E-state index is 11.8. The summed E-state index contributed by atoms with van der Waals surface area (Å²) in [6.07, 6.45) is -5.36. The highest BCUT2D eigenvalue weighted by molar-refractivity contribution is 5.73. The highest BCUT2D eigenvalue weighted by atomic mass is 16.6. The van der Waals surface area contributed by atoms with Crippen LogP contribution in [0.3, 0.4) is 0 Å². The fourth-order valence-corrected chi connectivity index (χ4v) is 2.28. The summed E-state index contributed by atoms with van der Waals surface area (Å²) in [6, 6.07) is 0. The molecule has 0 amide bonds. The molecule has 32 heavy (non-hydrogen) atoms. The zero-order chi connectivity index (χ0) is 24.7. The molecule has 0 aromatic carbocycles. The lowest BCUT2D eigenvalue weighted by Gasteiger charge is -2.18. The van der Waals surface area contributed by atoms with Crippen LogP contribution in [0.25, 0.3) is 0 Å². The molecule has 0 aliphatic rings. The molecule has 12 nitrogen and oxygen atoms in total. The molecule has 4 atom stereocenters. The van der Waals surface area contributed by atoms with Crippen molar-refractivity contribution < 1.29 is 57.9 Å². The Hall–Kier alpha value is -2.73. The first-order valence-electron chi connectivity index (χ1n) is 10.1. The molecule has 0 rings (SSSR count). The Bertz CT molecular complexity index is 568. The molecular formula is C20H32O12. The number of carbonyl (C=O) groups is 5. The van der Waals surface area contributed by atoms with E-state index in [0.29, 0.717) is 0 Å². The van der Waals surface area contributed by atoms with E-state index in [0.717, 1.165) is 0 Å². The molecule has 0 fully saturated rings. The van der Waals surface area contributed by atoms with Gasteiger partial charge in [-0.3, -0.25) is 24.0 Å². The molecule has 0 saturated carbocycles. The number of aliphatic hydroxyl groups is 2. The molecule has 0 radical (unpaired) electrons. The average Bonchev–Trinajstić information content (AvgIpc) is 2.61. The van der Waals surface area contributed by atoms with Gasteiger partial charge in [-0.15, -0.1) is 0 Å². The molecule has 4 unspecified atom stereocenters. The predicted octanol–water partition coefficient (Wildman–Crippen LogP) is -0.200. The van der Waals surface area contributed by atoms with Crippen LogP contribution in [0.2, 0.25) is 0 Å². The van der Waals surface area contributed by atoms with Crippen molar-refractivity contribution in [1.29, 1.82) is 0 Å². The van der Waals surface area contributed by atoms with Gasteiger partial charge in [0.2, 0.25) is 0 Å². The molecule has 0 heterocycles. The Morgan fingerprint density at radius 2 is 1.06 bits per heavy atom. The van der Waals surface area contributed by atoms with Gasteiger partial charge in [-0.2, -0.15) is 0 Å². The monoisotopic (exact) mass is 464 g/mol. The van der Waals surface area contributed by atoms with Crippen molar-refractivity contribution in [1.82, 2.24) is 0 Å². The summed E-state index contributed by atoms with van der Waals surface area (Å²) in [7, 11) is 0. The SMILES string of the molecule is CC(O)CC(=O)OC(C)CC(=O)OCC(COC(=O)CC(C)OC(=O)CC(C)O)OC=O. The third-order valence-electron chi connectivity index (χ3n) is 3.61. The second-order valence-corrected chi connectivity index (χ2v) is 7.34. The van der Waals surface area contributed by atoms with Crippen molar-refractivity contribution in [3.63, 3.8) is 0 Å². The minimum atomic E-state index is -1.07. The van der Waals surface area contributed by atoms with Crippen molar-refractivity contribution >= 4 is 30.3 Å². The molecule has 184 valence electrons. The van der Waals surface area contributed by atoms with Crippen LogP contribution in [0.4, 0.5) is 0 Å². The molecule has 0 aromatic rings. The maximum Gasteiger partial charge on any atom is 0.309 e. The Morgan fingerprint density at radius 3 is 1.38 bits per heavy atom. The van der Waals surface area contributed by atoms with E-state index < -0.39 is 67.6 Å². The summed E-state index contributed by atoms with van der Waals surface area (Å²) in [5.41, 5.74) is 0. The fraction of sp³-hybridized carbons (Fsp3) is 0.750. The number of carbonyl (C=O) groups excluding carboxylic acids is 5.